The fourth-order valence-electron chi connectivity index (χ4n) is 1.14. The molecule has 0 heterocycles. The van der Waals surface area contributed by atoms with Crippen LogP contribution in [0.1, 0.15) is 34.6 Å². The Morgan fingerprint density at radius 3 is 2.05 bits per heavy atom. The maximum absolute atomic E-state index is 12.5. The highest BCUT2D eigenvalue weighted by Crippen LogP contribution is 2.52. The van der Waals surface area contributed by atoms with Crippen LogP contribution in [0.4, 0.5) is 4.79 Å². The molecule has 1 amide bonds. The summed E-state index contributed by atoms with van der Waals surface area (Å²) in [5, 5.41) is 8.75. The van der Waals surface area contributed by atoms with Crippen LogP contribution in [0.15, 0.2) is 0 Å². The third-order valence-electron chi connectivity index (χ3n) is 1.70. The third-order valence-corrected chi connectivity index (χ3v) is 3.77. The molecule has 0 aliphatic rings. The van der Waals surface area contributed by atoms with Gasteiger partial charge in [0.15, 0.2) is 0 Å². The van der Waals surface area contributed by atoms with Crippen LogP contribution in [-0.4, -0.2) is 36.1 Å². The first-order chi connectivity index (χ1) is 8.70. The molecule has 0 saturated heterocycles. The molecule has 0 aliphatic carbocycles. The van der Waals surface area contributed by atoms with E-state index in [4.69, 9.17) is 19.0 Å². The number of nitrogens with zero attached hydrogens (tertiary/aromatic N) is 2. The fourth-order valence-corrected chi connectivity index (χ4v) is 2.62. The first-order valence-electron chi connectivity index (χ1n) is 5.97. The van der Waals surface area contributed by atoms with Crippen molar-refractivity contribution in [2.24, 2.45) is 0 Å². The van der Waals surface area contributed by atoms with Crippen molar-refractivity contribution in [1.29, 1.82) is 5.26 Å². The Kier molecular flexibility index (Phi) is 7.06. The van der Waals surface area contributed by atoms with Gasteiger partial charge in [-0.3, -0.25) is 9.05 Å². The summed E-state index contributed by atoms with van der Waals surface area (Å²) in [6.07, 6.45) is -0.903. The second-order valence-electron chi connectivity index (χ2n) is 4.50. The molecule has 7 nitrogen and oxygen atoms in total. The molecule has 0 rings (SSSR count). The molecule has 0 atom stereocenters. The van der Waals surface area contributed by atoms with Gasteiger partial charge in [0.25, 0.3) is 0 Å². The summed E-state index contributed by atoms with van der Waals surface area (Å²) in [4.78, 5) is 12.0. The standard InChI is InChI=1S/C11H21N2O5P/c1-6-16-19(15,17-7-2)13(9-8-12)10(14)18-11(3,4)5/h6-7,9H2,1-5H3. The molecule has 19 heavy (non-hydrogen) atoms. The monoisotopic (exact) mass is 292 g/mol. The molecule has 0 fully saturated rings. The minimum atomic E-state index is -3.85. The highest BCUT2D eigenvalue weighted by atomic mass is 31.2. The van der Waals surface area contributed by atoms with E-state index in [1.807, 2.05) is 0 Å². The predicted octanol–water partition coefficient (Wildman–Crippen LogP) is 2.93. The van der Waals surface area contributed by atoms with Crippen molar-refractivity contribution in [2.75, 3.05) is 19.8 Å². The van der Waals surface area contributed by atoms with Crippen LogP contribution in [0, 0.1) is 11.3 Å². The van der Waals surface area contributed by atoms with E-state index < -0.39 is 26.0 Å². The van der Waals surface area contributed by atoms with Gasteiger partial charge < -0.3 is 4.74 Å². The first kappa shape index (κ1) is 17.9. The quantitative estimate of drug-likeness (QED) is 0.552. The van der Waals surface area contributed by atoms with Crippen LogP contribution >= 0.6 is 7.75 Å². The molecular formula is C11H21N2O5P. The molecule has 8 heteroatoms. The van der Waals surface area contributed by atoms with Crippen molar-refractivity contribution in [3.8, 4) is 6.07 Å². The van der Waals surface area contributed by atoms with Crippen molar-refractivity contribution in [3.05, 3.63) is 0 Å². The predicted molar refractivity (Wildman–Crippen MR) is 69.4 cm³/mol. The maximum atomic E-state index is 12.5. The van der Waals surface area contributed by atoms with E-state index >= 15 is 0 Å². The molecule has 0 aliphatic heterocycles. The number of rotatable bonds is 6. The normalized spacial score (nSPS) is 11.8. The lowest BCUT2D eigenvalue weighted by molar-refractivity contribution is 0.0338. The van der Waals surface area contributed by atoms with E-state index in [0.717, 1.165) is 0 Å². The lowest BCUT2D eigenvalue weighted by Gasteiger charge is -2.30. The van der Waals surface area contributed by atoms with Gasteiger partial charge in [0.05, 0.1) is 19.3 Å². The molecule has 0 unspecified atom stereocenters. The lowest BCUT2D eigenvalue weighted by Crippen LogP contribution is -2.36. The summed E-state index contributed by atoms with van der Waals surface area (Å²) < 4.78 is 28.3. The number of hydrogen-bond donors (Lipinski definition) is 0. The Hall–Kier alpha value is -1.09. The van der Waals surface area contributed by atoms with Crippen LogP contribution in [0.3, 0.4) is 0 Å². The molecular weight excluding hydrogens is 271 g/mol. The minimum absolute atomic E-state index is 0.0853. The van der Waals surface area contributed by atoms with Crippen LogP contribution in [-0.2, 0) is 18.3 Å². The van der Waals surface area contributed by atoms with E-state index in [1.165, 1.54) is 0 Å². The topological polar surface area (TPSA) is 88.9 Å². The van der Waals surface area contributed by atoms with Crippen LogP contribution in [0.2, 0.25) is 0 Å². The molecule has 0 spiro atoms. The number of carbonyl (C=O) groups is 1. The highest BCUT2D eigenvalue weighted by Gasteiger charge is 2.39. The van der Waals surface area contributed by atoms with Gasteiger partial charge in [0.1, 0.15) is 12.1 Å². The number of ether oxygens (including phenoxy) is 1. The summed E-state index contributed by atoms with van der Waals surface area (Å²) in [6, 6.07) is 1.75. The zero-order valence-corrected chi connectivity index (χ0v) is 12.9. The number of amides is 1. The summed E-state index contributed by atoms with van der Waals surface area (Å²) in [5.41, 5.74) is -0.770. The summed E-state index contributed by atoms with van der Waals surface area (Å²) >= 11 is 0. The smallest absolute Gasteiger partial charge is 0.441 e. The zero-order valence-electron chi connectivity index (χ0n) is 12.0. The molecule has 0 aromatic carbocycles. The second kappa shape index (κ2) is 7.49. The van der Waals surface area contributed by atoms with E-state index in [2.05, 4.69) is 0 Å². The van der Waals surface area contributed by atoms with Gasteiger partial charge in [-0.15, -0.1) is 0 Å². The summed E-state index contributed by atoms with van der Waals surface area (Å²) in [6.45, 7) is 7.97. The van der Waals surface area contributed by atoms with Crippen molar-refractivity contribution >= 4 is 13.8 Å². The molecule has 0 N–H and O–H groups in total. The van der Waals surface area contributed by atoms with Gasteiger partial charge in [-0.05, 0) is 34.6 Å². The summed E-state index contributed by atoms with van der Waals surface area (Å²) in [5.74, 6) is 0. The number of nitriles is 1. The Morgan fingerprint density at radius 2 is 1.74 bits per heavy atom. The van der Waals surface area contributed by atoms with Gasteiger partial charge in [-0.25, -0.2) is 9.36 Å². The highest BCUT2D eigenvalue weighted by molar-refractivity contribution is 7.52. The van der Waals surface area contributed by atoms with Crippen molar-refractivity contribution < 1.29 is 23.1 Å². The molecule has 0 bridgehead atoms. The van der Waals surface area contributed by atoms with Crippen molar-refractivity contribution in [3.63, 3.8) is 0 Å². The largest absolute Gasteiger partial charge is 0.443 e. The van der Waals surface area contributed by atoms with E-state index in [-0.39, 0.29) is 13.2 Å². The molecule has 0 aromatic heterocycles. The van der Waals surface area contributed by atoms with Gasteiger partial charge in [-0.2, -0.15) is 9.93 Å². The number of carbonyl (C=O) groups excluding carboxylic acids is 1. The maximum Gasteiger partial charge on any atom is 0.441 e. The SMILES string of the molecule is CCOP(=O)(OCC)N(CC#N)C(=O)OC(C)(C)C. The van der Waals surface area contributed by atoms with Crippen LogP contribution in [0.25, 0.3) is 0 Å². The first-order valence-corrected chi connectivity index (χ1v) is 7.46. The minimum Gasteiger partial charge on any atom is -0.443 e. The molecule has 110 valence electrons. The van der Waals surface area contributed by atoms with Gasteiger partial charge >= 0.3 is 13.8 Å². The summed E-state index contributed by atoms with van der Waals surface area (Å²) in [7, 11) is -3.85. The zero-order chi connectivity index (χ0) is 15.1. The van der Waals surface area contributed by atoms with Gasteiger partial charge in [0, 0.05) is 0 Å². The van der Waals surface area contributed by atoms with Crippen LogP contribution < -0.4 is 0 Å². The van der Waals surface area contributed by atoms with Crippen molar-refractivity contribution in [2.45, 2.75) is 40.2 Å². The molecule has 0 aromatic rings. The van der Waals surface area contributed by atoms with Gasteiger partial charge in [-0.1, -0.05) is 0 Å². The number of hydrogen-bond acceptors (Lipinski definition) is 6. The fraction of sp³-hybridized carbons (Fsp3) is 0.818. The third kappa shape index (κ3) is 6.06. The average molecular weight is 292 g/mol. The van der Waals surface area contributed by atoms with E-state index in [1.54, 1.807) is 40.7 Å². The second-order valence-corrected chi connectivity index (χ2v) is 6.44. The lowest BCUT2D eigenvalue weighted by atomic mass is 10.2. The Bertz CT molecular complexity index is 376. The van der Waals surface area contributed by atoms with E-state index in [9.17, 15) is 9.36 Å². The Balaban J connectivity index is 5.21. The molecule has 0 radical (unpaired) electrons. The van der Waals surface area contributed by atoms with Crippen LogP contribution in [0.5, 0.6) is 0 Å². The molecule has 0 saturated carbocycles. The van der Waals surface area contributed by atoms with Gasteiger partial charge in [0.2, 0.25) is 0 Å². The van der Waals surface area contributed by atoms with Crippen molar-refractivity contribution in [1.82, 2.24) is 4.67 Å². The van der Waals surface area contributed by atoms with E-state index in [0.29, 0.717) is 4.67 Å². The average Bonchev–Trinajstić information content (AvgIpc) is 2.23. The Morgan fingerprint density at radius 1 is 1.26 bits per heavy atom. The Labute approximate surface area is 114 Å².